The Labute approximate surface area is 159 Å². The van der Waals surface area contributed by atoms with Gasteiger partial charge in [-0.05, 0) is 44.6 Å². The largest absolute Gasteiger partial charge is 0.496 e. The van der Waals surface area contributed by atoms with Crippen molar-refractivity contribution in [3.8, 4) is 5.75 Å². The fourth-order valence-corrected chi connectivity index (χ4v) is 3.95. The Morgan fingerprint density at radius 1 is 1.33 bits per heavy atom. The van der Waals surface area contributed by atoms with E-state index in [1.165, 1.54) is 0 Å². The number of carbonyl (C=O) groups excluding carboxylic acids is 3. The van der Waals surface area contributed by atoms with E-state index in [4.69, 9.17) is 4.74 Å². The van der Waals surface area contributed by atoms with Gasteiger partial charge in [0.1, 0.15) is 17.8 Å². The molecule has 1 spiro atoms. The molecule has 3 rings (SSSR count). The molecule has 1 saturated carbocycles. The summed E-state index contributed by atoms with van der Waals surface area (Å²) in [5.41, 5.74) is 0.0151. The van der Waals surface area contributed by atoms with Gasteiger partial charge >= 0.3 is 6.03 Å². The Kier molecular flexibility index (Phi) is 5.39. The fraction of sp³-hybridized carbons (Fsp3) is 0.550. The van der Waals surface area contributed by atoms with E-state index in [-0.39, 0.29) is 24.4 Å². The van der Waals surface area contributed by atoms with Gasteiger partial charge in [-0.25, -0.2) is 4.79 Å². The Balaban J connectivity index is 1.64. The van der Waals surface area contributed by atoms with Gasteiger partial charge in [-0.3, -0.25) is 14.5 Å². The molecular weight excluding hydrogens is 346 g/mol. The highest BCUT2D eigenvalue weighted by Crippen LogP contribution is 2.36. The second-order valence-electron chi connectivity index (χ2n) is 7.62. The first-order chi connectivity index (χ1) is 12.9. The number of nitrogens with zero attached hydrogens (tertiary/aromatic N) is 1. The van der Waals surface area contributed by atoms with Gasteiger partial charge in [0, 0.05) is 5.56 Å². The summed E-state index contributed by atoms with van der Waals surface area (Å²) in [6.07, 6.45) is 3.07. The highest BCUT2D eigenvalue weighted by Gasteiger charge is 2.52. The molecule has 1 heterocycles. The van der Waals surface area contributed by atoms with Crippen LogP contribution in [0.2, 0.25) is 0 Å². The first-order valence-electron chi connectivity index (χ1n) is 9.42. The monoisotopic (exact) mass is 373 g/mol. The van der Waals surface area contributed by atoms with Gasteiger partial charge in [0.15, 0.2) is 0 Å². The molecule has 1 aromatic carbocycles. The van der Waals surface area contributed by atoms with Crippen LogP contribution >= 0.6 is 0 Å². The van der Waals surface area contributed by atoms with Gasteiger partial charge in [-0.2, -0.15) is 0 Å². The van der Waals surface area contributed by atoms with Crippen LogP contribution in [0.1, 0.15) is 51.1 Å². The highest BCUT2D eigenvalue weighted by molar-refractivity contribution is 6.09. The maximum absolute atomic E-state index is 12.8. The van der Waals surface area contributed by atoms with Crippen LogP contribution in [0.3, 0.4) is 0 Å². The average Bonchev–Trinajstić information content (AvgIpc) is 2.88. The number of nitrogens with one attached hydrogen (secondary N) is 2. The van der Waals surface area contributed by atoms with Crippen LogP contribution in [0.5, 0.6) is 5.75 Å². The van der Waals surface area contributed by atoms with E-state index in [2.05, 4.69) is 17.6 Å². The number of amides is 4. The quantitative estimate of drug-likeness (QED) is 0.776. The number of carbonyl (C=O) groups is 3. The number of benzene rings is 1. The van der Waals surface area contributed by atoms with Gasteiger partial charge in [0.05, 0.1) is 13.2 Å². The smallest absolute Gasteiger partial charge is 0.325 e. The zero-order valence-electron chi connectivity index (χ0n) is 16.1. The van der Waals surface area contributed by atoms with Crippen molar-refractivity contribution in [1.29, 1.82) is 0 Å². The van der Waals surface area contributed by atoms with Crippen molar-refractivity contribution < 1.29 is 19.1 Å². The molecule has 0 radical (unpaired) electrons. The van der Waals surface area contributed by atoms with E-state index < -0.39 is 11.6 Å². The van der Waals surface area contributed by atoms with Crippen molar-refractivity contribution in [2.45, 2.75) is 51.1 Å². The molecule has 146 valence electrons. The summed E-state index contributed by atoms with van der Waals surface area (Å²) >= 11 is 0. The van der Waals surface area contributed by atoms with E-state index in [1.807, 2.05) is 31.2 Å². The maximum atomic E-state index is 12.8. The number of rotatable bonds is 5. The molecule has 1 saturated heterocycles. The molecule has 7 nitrogen and oxygen atoms in total. The van der Waals surface area contributed by atoms with E-state index in [9.17, 15) is 14.4 Å². The van der Waals surface area contributed by atoms with Gasteiger partial charge in [-0.1, -0.05) is 25.1 Å². The summed E-state index contributed by atoms with van der Waals surface area (Å²) in [5.74, 6) is 0.576. The third kappa shape index (κ3) is 3.77. The van der Waals surface area contributed by atoms with Gasteiger partial charge in [0.2, 0.25) is 5.91 Å². The number of hydrogen-bond acceptors (Lipinski definition) is 4. The van der Waals surface area contributed by atoms with Crippen LogP contribution in [0, 0.1) is 5.92 Å². The van der Waals surface area contributed by atoms with Crippen molar-refractivity contribution in [3.63, 3.8) is 0 Å². The number of imide groups is 1. The Bertz CT molecular complexity index is 740. The second-order valence-corrected chi connectivity index (χ2v) is 7.62. The Morgan fingerprint density at radius 3 is 2.67 bits per heavy atom. The predicted molar refractivity (Wildman–Crippen MR) is 100 cm³/mol. The van der Waals surface area contributed by atoms with Crippen LogP contribution in [-0.4, -0.2) is 41.9 Å². The first-order valence-corrected chi connectivity index (χ1v) is 9.42. The molecule has 4 amide bonds. The average molecular weight is 373 g/mol. The summed E-state index contributed by atoms with van der Waals surface area (Å²) in [7, 11) is 1.57. The first kappa shape index (κ1) is 19.2. The summed E-state index contributed by atoms with van der Waals surface area (Å²) in [4.78, 5) is 38.7. The van der Waals surface area contributed by atoms with E-state index >= 15 is 0 Å². The van der Waals surface area contributed by atoms with E-state index in [0.29, 0.717) is 24.5 Å². The molecule has 2 aliphatic rings. The van der Waals surface area contributed by atoms with Gasteiger partial charge in [-0.15, -0.1) is 0 Å². The summed E-state index contributed by atoms with van der Waals surface area (Å²) in [6.45, 7) is 3.71. The highest BCUT2D eigenvalue weighted by atomic mass is 16.5. The number of hydrogen-bond donors (Lipinski definition) is 2. The lowest BCUT2D eigenvalue weighted by Gasteiger charge is -2.33. The molecule has 0 aromatic heterocycles. The molecule has 1 unspecified atom stereocenters. The predicted octanol–water partition coefficient (Wildman–Crippen LogP) is 2.37. The van der Waals surface area contributed by atoms with Crippen LogP contribution in [-0.2, 0) is 9.59 Å². The molecule has 27 heavy (non-hydrogen) atoms. The minimum Gasteiger partial charge on any atom is -0.496 e. The fourth-order valence-electron chi connectivity index (χ4n) is 3.95. The zero-order chi connectivity index (χ0) is 19.6. The van der Waals surface area contributed by atoms with Gasteiger partial charge < -0.3 is 15.4 Å². The second kappa shape index (κ2) is 7.58. The van der Waals surface area contributed by atoms with Crippen LogP contribution in [0.25, 0.3) is 0 Å². The summed E-state index contributed by atoms with van der Waals surface area (Å²) < 4.78 is 5.32. The number of ether oxygens (including phenoxy) is 1. The van der Waals surface area contributed by atoms with Crippen LogP contribution in [0.4, 0.5) is 4.79 Å². The molecular formula is C20H27N3O4. The SMILES string of the molecule is COc1ccccc1C(C)NC(=O)CN1C(=O)NC2(CCC(C)CC2)C1=O. The normalized spacial score (nSPS) is 26.0. The van der Waals surface area contributed by atoms with Crippen LogP contribution in [0.15, 0.2) is 24.3 Å². The number of methoxy groups -OCH3 is 1. The third-order valence-electron chi connectivity index (χ3n) is 5.66. The standard InChI is InChI=1S/C20H27N3O4/c1-13-8-10-20(11-9-13)18(25)23(19(26)22-20)12-17(24)21-14(2)15-6-4-5-7-16(15)27-3/h4-7,13-14H,8-12H2,1-3H3,(H,21,24)(H,22,26). The van der Waals surface area contributed by atoms with Crippen LogP contribution < -0.4 is 15.4 Å². The van der Waals surface area contributed by atoms with Crippen molar-refractivity contribution in [2.75, 3.05) is 13.7 Å². The van der Waals surface area contributed by atoms with E-state index in [0.717, 1.165) is 23.3 Å². The lowest BCUT2D eigenvalue weighted by molar-refractivity contribution is -0.136. The zero-order valence-corrected chi connectivity index (χ0v) is 16.1. The molecule has 1 aliphatic heterocycles. The molecule has 0 bridgehead atoms. The molecule has 2 N–H and O–H groups in total. The minimum absolute atomic E-state index is 0.276. The van der Waals surface area contributed by atoms with Gasteiger partial charge in [0.25, 0.3) is 5.91 Å². The minimum atomic E-state index is -0.821. The molecule has 7 heteroatoms. The number of urea groups is 1. The lowest BCUT2D eigenvalue weighted by atomic mass is 9.77. The topological polar surface area (TPSA) is 87.7 Å². The van der Waals surface area contributed by atoms with Crippen molar-refractivity contribution in [1.82, 2.24) is 15.5 Å². The van der Waals surface area contributed by atoms with Crippen molar-refractivity contribution >= 4 is 17.8 Å². The molecule has 1 aliphatic carbocycles. The maximum Gasteiger partial charge on any atom is 0.325 e. The lowest BCUT2D eigenvalue weighted by Crippen LogP contribution is -2.50. The Hall–Kier alpha value is -2.57. The molecule has 1 aromatic rings. The van der Waals surface area contributed by atoms with E-state index in [1.54, 1.807) is 7.11 Å². The summed E-state index contributed by atoms with van der Waals surface area (Å²) in [5, 5.41) is 5.68. The third-order valence-corrected chi connectivity index (χ3v) is 5.66. The Morgan fingerprint density at radius 2 is 2.00 bits per heavy atom. The summed E-state index contributed by atoms with van der Waals surface area (Å²) in [6, 6.07) is 6.63. The van der Waals surface area contributed by atoms with Crippen molar-refractivity contribution in [2.24, 2.45) is 5.92 Å². The van der Waals surface area contributed by atoms with Crippen molar-refractivity contribution in [3.05, 3.63) is 29.8 Å². The molecule has 2 fully saturated rings. The molecule has 1 atom stereocenters. The number of para-hydroxylation sites is 1.